The van der Waals surface area contributed by atoms with Crippen molar-refractivity contribution >= 4 is 20.9 Å². The molecule has 2 unspecified atom stereocenters. The van der Waals surface area contributed by atoms with Crippen LogP contribution >= 0.6 is 0 Å². The number of nitrogens with two attached hydrogens (primary N) is 1. The molecule has 0 aliphatic carbocycles. The van der Waals surface area contributed by atoms with Crippen LogP contribution in [0.4, 0.5) is 0 Å². The van der Waals surface area contributed by atoms with E-state index in [0.29, 0.717) is 18.7 Å². The van der Waals surface area contributed by atoms with E-state index >= 15 is 0 Å². The van der Waals surface area contributed by atoms with Gasteiger partial charge in [-0.25, -0.2) is 13.4 Å². The molecule has 1 fully saturated rings. The monoisotopic (exact) mass is 295 g/mol. The highest BCUT2D eigenvalue weighted by molar-refractivity contribution is 7.91. The molecule has 0 bridgehead atoms. The minimum Gasteiger partial charge on any atom is -0.379 e. The minimum atomic E-state index is -3.31. The molecular formula is C13H17N3O3S. The van der Waals surface area contributed by atoms with Crippen molar-refractivity contribution in [1.82, 2.24) is 9.55 Å². The molecule has 7 heteroatoms. The molecule has 3 rings (SSSR count). The molecule has 2 N–H and O–H groups in total. The van der Waals surface area contributed by atoms with Crippen molar-refractivity contribution in [3.63, 3.8) is 0 Å². The second kappa shape index (κ2) is 4.54. The quantitative estimate of drug-likeness (QED) is 0.867. The fourth-order valence-corrected chi connectivity index (χ4v) is 3.50. The smallest absolute Gasteiger partial charge is 0.177 e. The molecule has 0 radical (unpaired) electrons. The number of para-hydroxylation sites is 1. The maximum Gasteiger partial charge on any atom is 0.177 e. The number of aryl methyl sites for hydroxylation is 1. The fourth-order valence-electron chi connectivity index (χ4n) is 2.67. The number of sulfone groups is 1. The van der Waals surface area contributed by atoms with Gasteiger partial charge in [-0.3, -0.25) is 0 Å². The van der Waals surface area contributed by atoms with Gasteiger partial charge in [0.25, 0.3) is 0 Å². The van der Waals surface area contributed by atoms with Crippen LogP contribution in [0.2, 0.25) is 0 Å². The van der Waals surface area contributed by atoms with Crippen molar-refractivity contribution in [3.8, 4) is 0 Å². The van der Waals surface area contributed by atoms with E-state index < -0.39 is 9.84 Å². The van der Waals surface area contributed by atoms with Crippen LogP contribution in [-0.4, -0.2) is 43.5 Å². The van der Waals surface area contributed by atoms with Gasteiger partial charge in [0.2, 0.25) is 0 Å². The number of aromatic nitrogens is 2. The van der Waals surface area contributed by atoms with Gasteiger partial charge in [-0.1, -0.05) is 6.07 Å². The summed E-state index contributed by atoms with van der Waals surface area (Å²) in [5.41, 5.74) is 7.33. The SMILES string of the molecule is Cn1c(C2COCC2N)nc2c(S(C)(=O)=O)cccc21. The van der Waals surface area contributed by atoms with Crippen molar-refractivity contribution in [3.05, 3.63) is 24.0 Å². The number of rotatable bonds is 2. The van der Waals surface area contributed by atoms with Gasteiger partial charge in [0, 0.05) is 19.3 Å². The van der Waals surface area contributed by atoms with Crippen LogP contribution in [0.3, 0.4) is 0 Å². The molecule has 1 aromatic carbocycles. The van der Waals surface area contributed by atoms with Crippen molar-refractivity contribution in [2.45, 2.75) is 16.9 Å². The summed E-state index contributed by atoms with van der Waals surface area (Å²) < 4.78 is 31.0. The summed E-state index contributed by atoms with van der Waals surface area (Å²) in [6, 6.07) is 5.07. The first-order chi connectivity index (χ1) is 9.39. The molecule has 1 aliphatic rings. The lowest BCUT2D eigenvalue weighted by Crippen LogP contribution is -2.28. The van der Waals surface area contributed by atoms with Crippen LogP contribution in [0.25, 0.3) is 11.0 Å². The van der Waals surface area contributed by atoms with E-state index in [1.165, 1.54) is 6.26 Å². The van der Waals surface area contributed by atoms with Gasteiger partial charge >= 0.3 is 0 Å². The minimum absolute atomic E-state index is 0.000176. The second-order valence-corrected chi connectivity index (χ2v) is 7.22. The van der Waals surface area contributed by atoms with E-state index in [4.69, 9.17) is 10.5 Å². The molecule has 2 aromatic rings. The third-order valence-electron chi connectivity index (χ3n) is 3.76. The Morgan fingerprint density at radius 3 is 2.75 bits per heavy atom. The lowest BCUT2D eigenvalue weighted by molar-refractivity contribution is 0.190. The molecule has 0 spiro atoms. The topological polar surface area (TPSA) is 87.2 Å². The Hall–Kier alpha value is -1.44. The summed E-state index contributed by atoms with van der Waals surface area (Å²) in [6.07, 6.45) is 1.19. The average molecular weight is 295 g/mol. The highest BCUT2D eigenvalue weighted by Gasteiger charge is 2.31. The van der Waals surface area contributed by atoms with Crippen LogP contribution in [-0.2, 0) is 21.6 Å². The number of ether oxygens (including phenoxy) is 1. The van der Waals surface area contributed by atoms with Gasteiger partial charge in [0.15, 0.2) is 9.84 Å². The Balaban J connectivity index is 2.24. The molecule has 2 heterocycles. The first-order valence-corrected chi connectivity index (χ1v) is 8.27. The van der Waals surface area contributed by atoms with E-state index in [1.54, 1.807) is 12.1 Å². The van der Waals surface area contributed by atoms with Gasteiger partial charge in [0.05, 0.1) is 29.5 Å². The zero-order valence-electron chi connectivity index (χ0n) is 11.4. The normalized spacial score (nSPS) is 23.6. The molecule has 20 heavy (non-hydrogen) atoms. The first kappa shape index (κ1) is 13.5. The number of fused-ring (bicyclic) bond motifs is 1. The van der Waals surface area contributed by atoms with Gasteiger partial charge in [0.1, 0.15) is 11.3 Å². The molecule has 0 saturated carbocycles. The van der Waals surface area contributed by atoms with E-state index in [2.05, 4.69) is 4.98 Å². The molecule has 108 valence electrons. The Kier molecular flexibility index (Phi) is 3.07. The lowest BCUT2D eigenvalue weighted by Gasteiger charge is -2.12. The molecule has 1 aromatic heterocycles. The lowest BCUT2D eigenvalue weighted by atomic mass is 10.0. The number of nitrogens with zero attached hydrogens (tertiary/aromatic N) is 2. The third kappa shape index (κ3) is 2.02. The van der Waals surface area contributed by atoms with Crippen LogP contribution < -0.4 is 5.73 Å². The highest BCUT2D eigenvalue weighted by atomic mass is 32.2. The van der Waals surface area contributed by atoms with E-state index in [0.717, 1.165) is 11.3 Å². The van der Waals surface area contributed by atoms with Crippen molar-refractivity contribution in [2.24, 2.45) is 12.8 Å². The fraction of sp³-hybridized carbons (Fsp3) is 0.462. The zero-order valence-corrected chi connectivity index (χ0v) is 12.2. The van der Waals surface area contributed by atoms with E-state index in [9.17, 15) is 8.42 Å². The standard InChI is InChI=1S/C13H17N3O3S/c1-16-10-4-3-5-11(20(2,17)18)12(10)15-13(16)8-6-19-7-9(8)14/h3-5,8-9H,6-7,14H2,1-2H3. The predicted octanol–water partition coefficient (Wildman–Crippen LogP) is 0.418. The van der Waals surface area contributed by atoms with E-state index in [-0.39, 0.29) is 16.9 Å². The van der Waals surface area contributed by atoms with Crippen LogP contribution in [0.5, 0.6) is 0 Å². The number of imidazole rings is 1. The Morgan fingerprint density at radius 1 is 1.40 bits per heavy atom. The third-order valence-corrected chi connectivity index (χ3v) is 4.89. The molecular weight excluding hydrogens is 278 g/mol. The maximum absolute atomic E-state index is 11.9. The van der Waals surface area contributed by atoms with Gasteiger partial charge < -0.3 is 15.0 Å². The Morgan fingerprint density at radius 2 is 2.15 bits per heavy atom. The summed E-state index contributed by atoms with van der Waals surface area (Å²) in [4.78, 5) is 4.79. The van der Waals surface area contributed by atoms with Gasteiger partial charge in [-0.05, 0) is 12.1 Å². The Bertz CT molecular complexity index is 767. The van der Waals surface area contributed by atoms with Crippen molar-refractivity contribution in [2.75, 3.05) is 19.5 Å². The Labute approximate surface area is 117 Å². The predicted molar refractivity (Wildman–Crippen MR) is 75.4 cm³/mol. The van der Waals surface area contributed by atoms with Crippen LogP contribution in [0, 0.1) is 0 Å². The second-order valence-electron chi connectivity index (χ2n) is 5.23. The largest absolute Gasteiger partial charge is 0.379 e. The molecule has 1 saturated heterocycles. The summed E-state index contributed by atoms with van der Waals surface area (Å²) in [5, 5.41) is 0. The van der Waals surface area contributed by atoms with Crippen LogP contribution in [0.1, 0.15) is 11.7 Å². The summed E-state index contributed by atoms with van der Waals surface area (Å²) in [6.45, 7) is 1.03. The zero-order chi connectivity index (χ0) is 14.5. The van der Waals surface area contributed by atoms with Crippen LogP contribution in [0.15, 0.2) is 23.1 Å². The molecule has 0 amide bonds. The van der Waals surface area contributed by atoms with Crippen molar-refractivity contribution in [1.29, 1.82) is 0 Å². The van der Waals surface area contributed by atoms with Gasteiger partial charge in [-0.2, -0.15) is 0 Å². The molecule has 6 nitrogen and oxygen atoms in total. The average Bonchev–Trinajstić information content (AvgIpc) is 2.92. The summed E-state index contributed by atoms with van der Waals surface area (Å²) >= 11 is 0. The summed E-state index contributed by atoms with van der Waals surface area (Å²) in [5.74, 6) is 0.779. The number of hydrogen-bond donors (Lipinski definition) is 1. The first-order valence-electron chi connectivity index (χ1n) is 6.38. The number of hydrogen-bond acceptors (Lipinski definition) is 5. The summed E-state index contributed by atoms with van der Waals surface area (Å²) in [7, 11) is -1.43. The van der Waals surface area contributed by atoms with Crippen molar-refractivity contribution < 1.29 is 13.2 Å². The highest BCUT2D eigenvalue weighted by Crippen LogP contribution is 2.29. The molecule has 2 atom stereocenters. The molecule has 1 aliphatic heterocycles. The van der Waals surface area contributed by atoms with Gasteiger partial charge in [-0.15, -0.1) is 0 Å². The number of benzene rings is 1. The maximum atomic E-state index is 11.9. The van der Waals surface area contributed by atoms with E-state index in [1.807, 2.05) is 17.7 Å².